The molecule has 0 unspecified atom stereocenters. The molecule has 0 fully saturated rings. The number of hydrogen-bond donors (Lipinski definition) is 4. The van der Waals surface area contributed by atoms with Gasteiger partial charge in [0.15, 0.2) is 0 Å². The number of benzene rings is 1. The number of hydrogen-bond acceptors (Lipinski definition) is 4. The van der Waals surface area contributed by atoms with Crippen LogP contribution >= 0.6 is 12.4 Å². The van der Waals surface area contributed by atoms with Crippen LogP contribution in [0.5, 0.6) is 5.75 Å². The van der Waals surface area contributed by atoms with E-state index >= 15 is 0 Å². The second-order valence-electron chi connectivity index (χ2n) is 3.32. The molecule has 5 nitrogen and oxygen atoms in total. The van der Waals surface area contributed by atoms with Crippen LogP contribution < -0.4 is 5.73 Å². The average molecular weight is 266 g/mol. The van der Waals surface area contributed by atoms with E-state index in [0.717, 1.165) is 6.07 Å². The molecule has 1 aromatic carbocycles. The van der Waals surface area contributed by atoms with E-state index < -0.39 is 29.1 Å². The van der Waals surface area contributed by atoms with Crippen LogP contribution in [0.25, 0.3) is 0 Å². The molecule has 1 atom stereocenters. The Kier molecular flexibility index (Phi) is 5.87. The quantitative estimate of drug-likeness (QED) is 0.651. The number of nitrogens with two attached hydrogens (primary N) is 1. The van der Waals surface area contributed by atoms with Gasteiger partial charge < -0.3 is 21.1 Å². The summed E-state index contributed by atoms with van der Waals surface area (Å²) in [6.45, 7) is -0.237. The van der Waals surface area contributed by atoms with Crippen molar-refractivity contribution in [3.05, 3.63) is 29.1 Å². The van der Waals surface area contributed by atoms with Crippen LogP contribution in [0.15, 0.2) is 12.1 Å². The maximum atomic E-state index is 13.1. The first-order valence-electron chi connectivity index (χ1n) is 4.59. The van der Waals surface area contributed by atoms with Crippen molar-refractivity contribution >= 4 is 18.4 Å². The summed E-state index contributed by atoms with van der Waals surface area (Å²) in [5, 5.41) is 26.9. The predicted octanol–water partition coefficient (Wildman–Crippen LogP) is 1.03. The maximum Gasteiger partial charge on any atom is 0.339 e. The van der Waals surface area contributed by atoms with Crippen LogP contribution in [0, 0.1) is 5.82 Å². The minimum atomic E-state index is -1.44. The van der Waals surface area contributed by atoms with E-state index in [9.17, 15) is 14.3 Å². The van der Waals surface area contributed by atoms with Gasteiger partial charge in [-0.1, -0.05) is 0 Å². The molecule has 0 heterocycles. The summed E-state index contributed by atoms with van der Waals surface area (Å²) in [5.74, 6) is -2.79. The van der Waals surface area contributed by atoms with Crippen LogP contribution in [0.4, 0.5) is 4.39 Å². The van der Waals surface area contributed by atoms with Crippen LogP contribution in [0.1, 0.15) is 28.4 Å². The van der Waals surface area contributed by atoms with Crippen molar-refractivity contribution in [2.24, 2.45) is 5.73 Å². The van der Waals surface area contributed by atoms with Gasteiger partial charge in [0.1, 0.15) is 17.1 Å². The lowest BCUT2D eigenvalue weighted by Gasteiger charge is -2.13. The molecule has 5 N–H and O–H groups in total. The number of aliphatic hydroxyl groups excluding tert-OH is 1. The van der Waals surface area contributed by atoms with Gasteiger partial charge >= 0.3 is 5.97 Å². The molecule has 96 valence electrons. The number of halogens is 2. The van der Waals surface area contributed by atoms with Crippen LogP contribution in [0.2, 0.25) is 0 Å². The predicted molar refractivity (Wildman–Crippen MR) is 60.9 cm³/mol. The fraction of sp³-hybridized carbons (Fsp3) is 0.300. The molecule has 0 saturated heterocycles. The van der Waals surface area contributed by atoms with Gasteiger partial charge in [-0.15, -0.1) is 12.4 Å². The summed E-state index contributed by atoms with van der Waals surface area (Å²) in [6, 6.07) is 0.869. The molecule has 0 amide bonds. The number of rotatable bonds is 4. The zero-order valence-corrected chi connectivity index (χ0v) is 9.58. The molecule has 17 heavy (non-hydrogen) atoms. The third-order valence-electron chi connectivity index (χ3n) is 2.17. The Morgan fingerprint density at radius 1 is 1.47 bits per heavy atom. The normalized spacial score (nSPS) is 11.7. The molecular formula is C10H13ClFNO4. The Labute approximate surface area is 103 Å². The Bertz CT molecular complexity index is 414. The minimum absolute atomic E-state index is 0. The molecule has 0 aliphatic rings. The van der Waals surface area contributed by atoms with Crippen molar-refractivity contribution in [2.45, 2.75) is 12.5 Å². The lowest BCUT2D eigenvalue weighted by atomic mass is 10.0. The highest BCUT2D eigenvalue weighted by atomic mass is 35.5. The van der Waals surface area contributed by atoms with E-state index in [0.29, 0.717) is 6.07 Å². The zero-order valence-electron chi connectivity index (χ0n) is 8.76. The third-order valence-corrected chi connectivity index (χ3v) is 2.17. The molecule has 0 radical (unpaired) electrons. The van der Waals surface area contributed by atoms with Gasteiger partial charge in [-0.05, 0) is 18.6 Å². The second-order valence-corrected chi connectivity index (χ2v) is 3.32. The summed E-state index contributed by atoms with van der Waals surface area (Å²) >= 11 is 0. The number of carboxylic acids is 1. The highest BCUT2D eigenvalue weighted by molar-refractivity contribution is 5.91. The van der Waals surface area contributed by atoms with Crippen molar-refractivity contribution in [2.75, 3.05) is 6.61 Å². The Hall–Kier alpha value is -1.37. The number of carboxylic acid groups (broad SMARTS) is 1. The number of aliphatic hydroxyl groups is 1. The van der Waals surface area contributed by atoms with Crippen LogP contribution in [0.3, 0.4) is 0 Å². The minimum Gasteiger partial charge on any atom is -0.507 e. The fourth-order valence-corrected chi connectivity index (χ4v) is 1.36. The van der Waals surface area contributed by atoms with Crippen molar-refractivity contribution < 1.29 is 24.5 Å². The summed E-state index contributed by atoms with van der Waals surface area (Å²) in [7, 11) is 0. The van der Waals surface area contributed by atoms with Gasteiger partial charge in [-0.3, -0.25) is 0 Å². The maximum absolute atomic E-state index is 13.1. The second kappa shape index (κ2) is 6.39. The van der Waals surface area contributed by atoms with E-state index in [-0.39, 0.29) is 31.0 Å². The highest BCUT2D eigenvalue weighted by Gasteiger charge is 2.19. The first-order chi connectivity index (χ1) is 7.47. The highest BCUT2D eigenvalue weighted by Crippen LogP contribution is 2.29. The Balaban J connectivity index is 0.00000256. The van der Waals surface area contributed by atoms with Crippen LogP contribution in [-0.4, -0.2) is 27.9 Å². The molecule has 0 saturated carbocycles. The summed E-state index contributed by atoms with van der Waals surface area (Å²) in [4.78, 5) is 10.7. The van der Waals surface area contributed by atoms with Crippen molar-refractivity contribution in [1.29, 1.82) is 0 Å². The largest absolute Gasteiger partial charge is 0.507 e. The first kappa shape index (κ1) is 15.6. The molecule has 0 aliphatic heterocycles. The average Bonchev–Trinajstić information content (AvgIpc) is 2.20. The summed E-state index contributed by atoms with van der Waals surface area (Å²) in [6.07, 6.45) is 0.107. The van der Waals surface area contributed by atoms with E-state index in [2.05, 4.69) is 0 Å². The van der Waals surface area contributed by atoms with E-state index in [1.165, 1.54) is 0 Å². The van der Waals surface area contributed by atoms with Gasteiger partial charge in [0.25, 0.3) is 0 Å². The van der Waals surface area contributed by atoms with Crippen LogP contribution in [-0.2, 0) is 0 Å². The van der Waals surface area contributed by atoms with E-state index in [1.807, 2.05) is 0 Å². The lowest BCUT2D eigenvalue weighted by molar-refractivity contribution is 0.0693. The molecule has 0 aliphatic carbocycles. The van der Waals surface area contributed by atoms with Gasteiger partial charge in [-0.2, -0.15) is 0 Å². The molecule has 1 rings (SSSR count). The van der Waals surface area contributed by atoms with Gasteiger partial charge in [-0.25, -0.2) is 9.18 Å². The molecule has 0 spiro atoms. The van der Waals surface area contributed by atoms with Crippen molar-refractivity contribution in [1.82, 2.24) is 0 Å². The topological polar surface area (TPSA) is 104 Å². The molecule has 1 aromatic rings. The molecular weight excluding hydrogens is 253 g/mol. The fourth-order valence-electron chi connectivity index (χ4n) is 1.36. The Morgan fingerprint density at radius 3 is 2.53 bits per heavy atom. The molecule has 7 heteroatoms. The summed E-state index contributed by atoms with van der Waals surface area (Å²) < 4.78 is 13.1. The van der Waals surface area contributed by atoms with E-state index in [1.54, 1.807) is 0 Å². The zero-order chi connectivity index (χ0) is 12.3. The summed E-state index contributed by atoms with van der Waals surface area (Å²) in [5.41, 5.74) is 5.00. The van der Waals surface area contributed by atoms with Crippen molar-refractivity contribution in [3.8, 4) is 5.75 Å². The third kappa shape index (κ3) is 3.55. The first-order valence-corrected chi connectivity index (χ1v) is 4.59. The van der Waals surface area contributed by atoms with Crippen molar-refractivity contribution in [3.63, 3.8) is 0 Å². The standard InChI is InChI=1S/C10H12FNO4.ClH/c11-5-3-6(8(12)1-2-13)9(14)7(4-5)10(15)16;/h3-4,8,13-14H,1-2,12H2,(H,15,16);1H/t8-;/m0./s1. The van der Waals surface area contributed by atoms with E-state index in [4.69, 9.17) is 15.9 Å². The molecule has 0 bridgehead atoms. The van der Waals surface area contributed by atoms with Gasteiger partial charge in [0.2, 0.25) is 0 Å². The number of aromatic hydroxyl groups is 1. The number of phenols is 1. The molecule has 0 aromatic heterocycles. The Morgan fingerprint density at radius 2 is 2.06 bits per heavy atom. The number of aromatic carboxylic acids is 1. The smallest absolute Gasteiger partial charge is 0.339 e. The number of carbonyl (C=O) groups is 1. The van der Waals surface area contributed by atoms with Gasteiger partial charge in [0, 0.05) is 18.2 Å². The lowest BCUT2D eigenvalue weighted by Crippen LogP contribution is -2.14. The monoisotopic (exact) mass is 265 g/mol. The van der Waals surface area contributed by atoms with Gasteiger partial charge in [0.05, 0.1) is 0 Å². The SMILES string of the molecule is Cl.N[C@@H](CCO)c1cc(F)cc(C(=O)O)c1O.